The molecule has 1 fully saturated rings. The number of hydrogen-bond donors (Lipinski definition) is 2. The zero-order valence-corrected chi connectivity index (χ0v) is 14.8. The summed E-state index contributed by atoms with van der Waals surface area (Å²) in [6.45, 7) is 5.65. The first-order valence-electron chi connectivity index (χ1n) is 6.78. The smallest absolute Gasteiger partial charge is 0.239 e. The molecule has 0 bridgehead atoms. The monoisotopic (exact) mass is 376 g/mol. The quantitative estimate of drug-likeness (QED) is 0.825. The Labute approximate surface area is 140 Å². The molecule has 1 aliphatic rings. The van der Waals surface area contributed by atoms with E-state index in [2.05, 4.69) is 43.4 Å². The number of aromatic nitrogens is 1. The zero-order chi connectivity index (χ0) is 14.6. The SMILES string of the molecule is CN(CC(=O)Nc1ccc(Br)cn1)CC1(C)CCNC1.Cl. The number of anilines is 1. The molecule has 2 N–H and O–H groups in total. The summed E-state index contributed by atoms with van der Waals surface area (Å²) in [6.07, 6.45) is 2.83. The number of halogens is 2. The number of rotatable bonds is 5. The van der Waals surface area contributed by atoms with Crippen LogP contribution >= 0.6 is 28.3 Å². The Bertz CT molecular complexity index is 463. The van der Waals surface area contributed by atoms with E-state index in [1.54, 1.807) is 12.3 Å². The first-order valence-corrected chi connectivity index (χ1v) is 7.57. The average molecular weight is 378 g/mol. The van der Waals surface area contributed by atoms with Crippen LogP contribution in [0.15, 0.2) is 22.8 Å². The van der Waals surface area contributed by atoms with E-state index < -0.39 is 0 Å². The zero-order valence-electron chi connectivity index (χ0n) is 12.4. The fraction of sp³-hybridized carbons (Fsp3) is 0.571. The molecule has 0 aliphatic carbocycles. The Kier molecular flexibility index (Phi) is 7.06. The van der Waals surface area contributed by atoms with Crippen molar-refractivity contribution >= 4 is 40.1 Å². The third-order valence-corrected chi connectivity index (χ3v) is 3.99. The highest BCUT2D eigenvalue weighted by Gasteiger charge is 2.30. The molecule has 0 aromatic carbocycles. The van der Waals surface area contributed by atoms with E-state index in [9.17, 15) is 4.79 Å². The lowest BCUT2D eigenvalue weighted by Crippen LogP contribution is -2.39. The second kappa shape index (κ2) is 8.08. The van der Waals surface area contributed by atoms with Gasteiger partial charge < -0.3 is 10.6 Å². The molecular formula is C14H22BrClN4O. The number of nitrogens with zero attached hydrogens (tertiary/aromatic N) is 2. The molecule has 1 aromatic rings. The summed E-state index contributed by atoms with van der Waals surface area (Å²) in [5.41, 5.74) is 0.269. The summed E-state index contributed by atoms with van der Waals surface area (Å²) in [4.78, 5) is 18.2. The van der Waals surface area contributed by atoms with E-state index in [0.29, 0.717) is 12.4 Å². The highest BCUT2D eigenvalue weighted by atomic mass is 79.9. The number of amides is 1. The van der Waals surface area contributed by atoms with Crippen LogP contribution in [0.4, 0.5) is 5.82 Å². The minimum absolute atomic E-state index is 0. The fourth-order valence-corrected chi connectivity index (χ4v) is 2.82. The van der Waals surface area contributed by atoms with Gasteiger partial charge in [-0.25, -0.2) is 4.98 Å². The van der Waals surface area contributed by atoms with E-state index in [1.807, 2.05) is 13.1 Å². The average Bonchev–Trinajstić information content (AvgIpc) is 2.78. The van der Waals surface area contributed by atoms with Crippen molar-refractivity contribution in [2.24, 2.45) is 5.41 Å². The molecular weight excluding hydrogens is 356 g/mol. The number of carbonyl (C=O) groups excluding carboxylic acids is 1. The first-order chi connectivity index (χ1) is 9.47. The molecule has 1 aromatic heterocycles. The molecule has 118 valence electrons. The number of likely N-dealkylation sites (N-methyl/N-ethyl adjacent to an activating group) is 1. The lowest BCUT2D eigenvalue weighted by atomic mass is 9.89. The number of pyridine rings is 1. The van der Waals surface area contributed by atoms with Crippen molar-refractivity contribution in [1.82, 2.24) is 15.2 Å². The number of hydrogen-bond acceptors (Lipinski definition) is 4. The molecule has 2 heterocycles. The van der Waals surface area contributed by atoms with E-state index >= 15 is 0 Å². The van der Waals surface area contributed by atoms with Gasteiger partial charge in [0.25, 0.3) is 0 Å². The molecule has 0 saturated carbocycles. The third-order valence-electron chi connectivity index (χ3n) is 3.52. The van der Waals surface area contributed by atoms with E-state index in [1.165, 1.54) is 0 Å². The molecule has 7 heteroatoms. The summed E-state index contributed by atoms with van der Waals surface area (Å²) in [5, 5.41) is 6.18. The normalized spacial score (nSPS) is 21.1. The molecule has 1 saturated heterocycles. The van der Waals surface area contributed by atoms with Gasteiger partial charge >= 0.3 is 0 Å². The number of carbonyl (C=O) groups is 1. The Morgan fingerprint density at radius 2 is 2.33 bits per heavy atom. The maximum Gasteiger partial charge on any atom is 0.239 e. The highest BCUT2D eigenvalue weighted by Crippen LogP contribution is 2.25. The topological polar surface area (TPSA) is 57.3 Å². The standard InChI is InChI=1S/C14H21BrN4O.ClH/c1-14(5-6-16-9-14)10-19(2)8-13(20)18-12-4-3-11(15)7-17-12;/h3-4,7,16H,5-6,8-10H2,1-2H3,(H,17,18,20);1H. The van der Waals surface area contributed by atoms with Crippen molar-refractivity contribution in [3.05, 3.63) is 22.8 Å². The van der Waals surface area contributed by atoms with Crippen molar-refractivity contribution in [3.63, 3.8) is 0 Å². The maximum absolute atomic E-state index is 12.0. The molecule has 2 rings (SSSR count). The molecule has 1 amide bonds. The van der Waals surface area contributed by atoms with Gasteiger partial charge in [0.2, 0.25) is 5.91 Å². The summed E-state index contributed by atoms with van der Waals surface area (Å²) < 4.78 is 0.897. The van der Waals surface area contributed by atoms with Gasteiger partial charge in [-0.2, -0.15) is 0 Å². The largest absolute Gasteiger partial charge is 0.316 e. The van der Waals surface area contributed by atoms with Crippen molar-refractivity contribution in [2.45, 2.75) is 13.3 Å². The molecule has 5 nitrogen and oxygen atoms in total. The Balaban J connectivity index is 0.00000220. The summed E-state index contributed by atoms with van der Waals surface area (Å²) in [6, 6.07) is 3.64. The van der Waals surface area contributed by atoms with Crippen molar-refractivity contribution in [1.29, 1.82) is 0 Å². The van der Waals surface area contributed by atoms with Gasteiger partial charge in [0.1, 0.15) is 5.82 Å². The molecule has 0 radical (unpaired) electrons. The van der Waals surface area contributed by atoms with Crippen LogP contribution < -0.4 is 10.6 Å². The van der Waals surface area contributed by atoms with Crippen molar-refractivity contribution in [3.8, 4) is 0 Å². The van der Waals surface area contributed by atoms with Gasteiger partial charge in [-0.15, -0.1) is 12.4 Å². The predicted molar refractivity (Wildman–Crippen MR) is 90.9 cm³/mol. The lowest BCUT2D eigenvalue weighted by Gasteiger charge is -2.28. The van der Waals surface area contributed by atoms with Crippen molar-refractivity contribution < 1.29 is 4.79 Å². The summed E-state index contributed by atoms with van der Waals surface area (Å²) >= 11 is 3.32. The van der Waals surface area contributed by atoms with Gasteiger partial charge in [-0.05, 0) is 53.5 Å². The van der Waals surface area contributed by atoms with Crippen LogP contribution in [0.3, 0.4) is 0 Å². The molecule has 21 heavy (non-hydrogen) atoms. The Morgan fingerprint density at radius 1 is 1.57 bits per heavy atom. The van der Waals surface area contributed by atoms with Gasteiger partial charge in [0, 0.05) is 23.8 Å². The molecule has 1 aliphatic heterocycles. The van der Waals surface area contributed by atoms with Crippen LogP contribution in [0.25, 0.3) is 0 Å². The van der Waals surface area contributed by atoms with Gasteiger partial charge in [0.15, 0.2) is 0 Å². The molecule has 0 spiro atoms. The van der Waals surface area contributed by atoms with Crippen LogP contribution in [0.2, 0.25) is 0 Å². The van der Waals surface area contributed by atoms with Crippen LogP contribution in [-0.4, -0.2) is 49.0 Å². The predicted octanol–water partition coefficient (Wildman–Crippen LogP) is 2.14. The van der Waals surface area contributed by atoms with E-state index in [4.69, 9.17) is 0 Å². The van der Waals surface area contributed by atoms with Crippen LogP contribution in [-0.2, 0) is 4.79 Å². The Morgan fingerprint density at radius 3 is 2.90 bits per heavy atom. The fourth-order valence-electron chi connectivity index (χ4n) is 2.59. The minimum atomic E-state index is -0.0307. The van der Waals surface area contributed by atoms with Crippen LogP contribution in [0.1, 0.15) is 13.3 Å². The van der Waals surface area contributed by atoms with Crippen LogP contribution in [0, 0.1) is 5.41 Å². The van der Waals surface area contributed by atoms with E-state index in [0.717, 1.165) is 30.5 Å². The Hall–Kier alpha value is -0.690. The maximum atomic E-state index is 12.0. The second-order valence-corrected chi connectivity index (χ2v) is 6.74. The van der Waals surface area contributed by atoms with Gasteiger partial charge in [-0.3, -0.25) is 9.69 Å². The van der Waals surface area contributed by atoms with Gasteiger partial charge in [0.05, 0.1) is 6.54 Å². The lowest BCUT2D eigenvalue weighted by molar-refractivity contribution is -0.117. The van der Waals surface area contributed by atoms with Gasteiger partial charge in [-0.1, -0.05) is 6.92 Å². The molecule has 1 atom stereocenters. The first kappa shape index (κ1) is 18.4. The highest BCUT2D eigenvalue weighted by molar-refractivity contribution is 9.10. The minimum Gasteiger partial charge on any atom is -0.316 e. The summed E-state index contributed by atoms with van der Waals surface area (Å²) in [7, 11) is 1.98. The summed E-state index contributed by atoms with van der Waals surface area (Å²) in [5.74, 6) is 0.553. The molecule has 1 unspecified atom stereocenters. The van der Waals surface area contributed by atoms with Crippen molar-refractivity contribution in [2.75, 3.05) is 38.5 Å². The second-order valence-electron chi connectivity index (χ2n) is 5.82. The third kappa shape index (κ3) is 5.90. The van der Waals surface area contributed by atoms with E-state index in [-0.39, 0.29) is 23.7 Å². The van der Waals surface area contributed by atoms with Crippen LogP contribution in [0.5, 0.6) is 0 Å². The number of nitrogens with one attached hydrogen (secondary N) is 2.